The third kappa shape index (κ3) is 4.65. The molecule has 7 nitrogen and oxygen atoms in total. The van der Waals surface area contributed by atoms with Gasteiger partial charge in [0.2, 0.25) is 5.91 Å². The number of ether oxygens (including phenoxy) is 1. The average molecular weight is 440 g/mol. The van der Waals surface area contributed by atoms with Gasteiger partial charge in [-0.1, -0.05) is 11.6 Å². The summed E-state index contributed by atoms with van der Waals surface area (Å²) in [5.41, 5.74) is 3.44. The minimum atomic E-state index is 0.0366. The molecule has 1 unspecified atom stereocenters. The summed E-state index contributed by atoms with van der Waals surface area (Å²) in [6, 6.07) is 8.02. The number of rotatable bonds is 6. The summed E-state index contributed by atoms with van der Waals surface area (Å²) >= 11 is 6.11. The number of halogens is 1. The van der Waals surface area contributed by atoms with Gasteiger partial charge in [0.25, 0.3) is 0 Å². The molecule has 0 spiro atoms. The first-order valence-corrected chi connectivity index (χ1v) is 11.0. The Hall–Kier alpha value is -2.69. The molecule has 3 heterocycles. The minimum absolute atomic E-state index is 0.0366. The van der Waals surface area contributed by atoms with E-state index in [4.69, 9.17) is 21.3 Å². The Morgan fingerprint density at radius 2 is 2.16 bits per heavy atom. The molecule has 0 N–H and O–H groups in total. The zero-order chi connectivity index (χ0) is 22.0. The van der Waals surface area contributed by atoms with E-state index in [-0.39, 0.29) is 11.9 Å². The number of aromatic nitrogens is 2. The predicted molar refractivity (Wildman–Crippen MR) is 119 cm³/mol. The molecule has 2 aromatic heterocycles. The number of carbonyl (C=O) groups is 1. The number of amides is 1. The molecule has 162 valence electrons. The number of methoxy groups -OCH3 is 1. The molecule has 1 saturated heterocycles. The largest absolute Gasteiger partial charge is 0.384 e. The Bertz CT molecular complexity index is 1020. The Morgan fingerprint density at radius 3 is 2.81 bits per heavy atom. The quantitative estimate of drug-likeness (QED) is 0.639. The molecule has 4 rings (SSSR count). The zero-order valence-corrected chi connectivity index (χ0v) is 18.6. The van der Waals surface area contributed by atoms with Gasteiger partial charge in [-0.05, 0) is 43.5 Å². The van der Waals surface area contributed by atoms with Crippen LogP contribution in [0.2, 0.25) is 5.15 Å². The van der Waals surface area contributed by atoms with E-state index in [1.807, 2.05) is 30.0 Å². The fourth-order valence-corrected chi connectivity index (χ4v) is 4.34. The van der Waals surface area contributed by atoms with Crippen molar-refractivity contribution in [1.29, 1.82) is 5.26 Å². The monoisotopic (exact) mass is 439 g/mol. The molecular weight excluding hydrogens is 414 g/mol. The van der Waals surface area contributed by atoms with Gasteiger partial charge in [-0.25, -0.2) is 9.97 Å². The van der Waals surface area contributed by atoms with Crippen molar-refractivity contribution in [3.05, 3.63) is 40.8 Å². The van der Waals surface area contributed by atoms with Gasteiger partial charge in [0.1, 0.15) is 17.0 Å². The van der Waals surface area contributed by atoms with E-state index >= 15 is 0 Å². The van der Waals surface area contributed by atoms with Crippen LogP contribution in [0.1, 0.15) is 43.4 Å². The molecule has 2 aliphatic rings. The SMILES string of the molecule is COCCC(=O)N1CCN(c2nc(C3CC3)c(-c3ccnc(Cl)c3)cc2C#N)CC1C. The summed E-state index contributed by atoms with van der Waals surface area (Å²) < 4.78 is 5.04. The minimum Gasteiger partial charge on any atom is -0.384 e. The molecule has 2 aromatic rings. The van der Waals surface area contributed by atoms with Crippen LogP contribution in [0.15, 0.2) is 24.4 Å². The first-order chi connectivity index (χ1) is 15.0. The van der Waals surface area contributed by atoms with Crippen molar-refractivity contribution in [2.75, 3.05) is 38.3 Å². The number of nitrogens with zero attached hydrogens (tertiary/aromatic N) is 5. The Labute approximate surface area is 187 Å². The number of hydrogen-bond donors (Lipinski definition) is 0. The van der Waals surface area contributed by atoms with E-state index in [1.165, 1.54) is 0 Å². The van der Waals surface area contributed by atoms with Gasteiger partial charge >= 0.3 is 0 Å². The van der Waals surface area contributed by atoms with E-state index in [2.05, 4.69) is 16.0 Å². The summed E-state index contributed by atoms with van der Waals surface area (Å²) in [6.45, 7) is 4.37. The molecule has 2 fully saturated rings. The summed E-state index contributed by atoms with van der Waals surface area (Å²) in [6.07, 6.45) is 4.26. The molecule has 0 aromatic carbocycles. The molecule has 0 radical (unpaired) electrons. The fourth-order valence-electron chi connectivity index (χ4n) is 4.16. The van der Waals surface area contributed by atoms with Crippen molar-refractivity contribution in [3.8, 4) is 17.2 Å². The van der Waals surface area contributed by atoms with Crippen LogP contribution in [-0.4, -0.2) is 60.2 Å². The third-order valence-corrected chi connectivity index (χ3v) is 6.13. The Morgan fingerprint density at radius 1 is 1.35 bits per heavy atom. The second kappa shape index (κ2) is 9.21. The van der Waals surface area contributed by atoms with Crippen LogP contribution in [0.5, 0.6) is 0 Å². The maximum atomic E-state index is 12.5. The first kappa shape index (κ1) is 21.5. The Balaban J connectivity index is 1.63. The zero-order valence-electron chi connectivity index (χ0n) is 17.8. The lowest BCUT2D eigenvalue weighted by Crippen LogP contribution is -2.54. The molecule has 0 bridgehead atoms. The second-order valence-electron chi connectivity index (χ2n) is 8.17. The highest BCUT2D eigenvalue weighted by Crippen LogP contribution is 2.45. The van der Waals surface area contributed by atoms with E-state index in [1.54, 1.807) is 13.3 Å². The summed E-state index contributed by atoms with van der Waals surface area (Å²) in [5, 5.41) is 10.3. The standard InChI is InChI=1S/C23H26ClN5O2/c1-15-14-28(8-9-29(15)21(30)6-10-31-2)23-18(13-25)11-19(22(27-23)16-3-4-16)17-5-7-26-20(24)12-17/h5,7,11-12,15-16H,3-4,6,8-10,14H2,1-2H3. The molecule has 8 heteroatoms. The summed E-state index contributed by atoms with van der Waals surface area (Å²) in [5.74, 6) is 1.22. The average Bonchev–Trinajstić information content (AvgIpc) is 3.62. The van der Waals surface area contributed by atoms with Crippen molar-refractivity contribution in [2.45, 2.75) is 38.1 Å². The summed E-state index contributed by atoms with van der Waals surface area (Å²) in [7, 11) is 1.60. The van der Waals surface area contributed by atoms with Crippen molar-refractivity contribution in [3.63, 3.8) is 0 Å². The number of hydrogen-bond acceptors (Lipinski definition) is 6. The van der Waals surface area contributed by atoms with Gasteiger partial charge in [0.15, 0.2) is 0 Å². The topological polar surface area (TPSA) is 82.3 Å². The number of anilines is 1. The lowest BCUT2D eigenvalue weighted by atomic mass is 10.00. The van der Waals surface area contributed by atoms with Crippen molar-refractivity contribution < 1.29 is 9.53 Å². The first-order valence-electron chi connectivity index (χ1n) is 10.6. The molecule has 31 heavy (non-hydrogen) atoms. The van der Waals surface area contributed by atoms with E-state index in [9.17, 15) is 10.1 Å². The van der Waals surface area contributed by atoms with Crippen LogP contribution >= 0.6 is 11.6 Å². The highest BCUT2D eigenvalue weighted by molar-refractivity contribution is 6.29. The number of piperazine rings is 1. The summed E-state index contributed by atoms with van der Waals surface area (Å²) in [4.78, 5) is 25.6. The fraction of sp³-hybridized carbons (Fsp3) is 0.478. The maximum Gasteiger partial charge on any atom is 0.225 e. The van der Waals surface area contributed by atoms with Gasteiger partial charge in [-0.3, -0.25) is 4.79 Å². The number of carbonyl (C=O) groups excluding carboxylic acids is 1. The third-order valence-electron chi connectivity index (χ3n) is 5.92. The molecule has 1 aliphatic heterocycles. The van der Waals surface area contributed by atoms with Crippen LogP contribution in [0.25, 0.3) is 11.1 Å². The van der Waals surface area contributed by atoms with Gasteiger partial charge < -0.3 is 14.5 Å². The highest BCUT2D eigenvalue weighted by Gasteiger charge is 2.33. The lowest BCUT2D eigenvalue weighted by Gasteiger charge is -2.41. The predicted octanol–water partition coefficient (Wildman–Crippen LogP) is 3.62. The van der Waals surface area contributed by atoms with Gasteiger partial charge in [0, 0.05) is 50.5 Å². The molecule has 1 aliphatic carbocycles. The highest BCUT2D eigenvalue weighted by atomic mass is 35.5. The molecule has 1 saturated carbocycles. The van der Waals surface area contributed by atoms with Gasteiger partial charge in [-0.15, -0.1) is 0 Å². The van der Waals surface area contributed by atoms with Gasteiger partial charge in [0.05, 0.1) is 24.3 Å². The van der Waals surface area contributed by atoms with Crippen LogP contribution in [0.3, 0.4) is 0 Å². The van der Waals surface area contributed by atoms with E-state index in [0.717, 1.165) is 29.7 Å². The normalized spacial score (nSPS) is 18.7. The molecule has 1 atom stereocenters. The van der Waals surface area contributed by atoms with Crippen LogP contribution in [0, 0.1) is 11.3 Å². The lowest BCUT2D eigenvalue weighted by molar-refractivity contribution is -0.134. The van der Waals surface area contributed by atoms with Crippen LogP contribution < -0.4 is 4.90 Å². The second-order valence-corrected chi connectivity index (χ2v) is 8.56. The van der Waals surface area contributed by atoms with E-state index in [0.29, 0.717) is 55.1 Å². The van der Waals surface area contributed by atoms with Crippen molar-refractivity contribution in [1.82, 2.24) is 14.9 Å². The van der Waals surface area contributed by atoms with Crippen LogP contribution in [-0.2, 0) is 9.53 Å². The number of pyridine rings is 2. The Kier molecular flexibility index (Phi) is 6.40. The van der Waals surface area contributed by atoms with Gasteiger partial charge in [-0.2, -0.15) is 5.26 Å². The van der Waals surface area contributed by atoms with Crippen LogP contribution in [0.4, 0.5) is 5.82 Å². The van der Waals surface area contributed by atoms with Crippen molar-refractivity contribution in [2.24, 2.45) is 0 Å². The smallest absolute Gasteiger partial charge is 0.225 e. The number of nitriles is 1. The van der Waals surface area contributed by atoms with Crippen molar-refractivity contribution >= 4 is 23.3 Å². The maximum absolute atomic E-state index is 12.5. The molecule has 1 amide bonds. The molecular formula is C23H26ClN5O2. The van der Waals surface area contributed by atoms with E-state index < -0.39 is 0 Å².